The fourth-order valence-corrected chi connectivity index (χ4v) is 5.68. The second-order valence-corrected chi connectivity index (χ2v) is 8.92. The van der Waals surface area contributed by atoms with Gasteiger partial charge in [0.05, 0.1) is 0 Å². The average molecular weight is 331 g/mol. The molecular weight excluding hydrogens is 304 g/mol. The number of thiophene rings is 1. The van der Waals surface area contributed by atoms with Crippen LogP contribution in [0.25, 0.3) is 0 Å². The quantitative estimate of drug-likeness (QED) is 0.808. The summed E-state index contributed by atoms with van der Waals surface area (Å²) in [5.74, 6) is 0.496. The third-order valence-corrected chi connectivity index (χ3v) is 7.15. The SMILES string of the molecule is Cc1csc(CNC(C)C)c1S(=O)(=O)NC(C)C1CCC1. The normalized spacial score (nSPS) is 18.0. The second kappa shape index (κ2) is 6.77. The Labute approximate surface area is 132 Å². The molecule has 2 rings (SSSR count). The topological polar surface area (TPSA) is 58.2 Å². The van der Waals surface area contributed by atoms with Crippen molar-refractivity contribution in [3.8, 4) is 0 Å². The molecule has 4 nitrogen and oxygen atoms in total. The lowest BCUT2D eigenvalue weighted by Crippen LogP contribution is -2.41. The van der Waals surface area contributed by atoms with Crippen LogP contribution in [0.3, 0.4) is 0 Å². The molecule has 21 heavy (non-hydrogen) atoms. The number of aryl methyl sites for hydroxylation is 1. The third kappa shape index (κ3) is 4.06. The van der Waals surface area contributed by atoms with E-state index in [1.54, 1.807) is 0 Å². The Morgan fingerprint density at radius 1 is 1.33 bits per heavy atom. The van der Waals surface area contributed by atoms with Gasteiger partial charge in [0, 0.05) is 23.5 Å². The van der Waals surface area contributed by atoms with Crippen molar-refractivity contribution in [3.63, 3.8) is 0 Å². The van der Waals surface area contributed by atoms with Crippen molar-refractivity contribution in [2.75, 3.05) is 0 Å². The first-order valence-electron chi connectivity index (χ1n) is 7.64. The Hall–Kier alpha value is -0.430. The summed E-state index contributed by atoms with van der Waals surface area (Å²) in [6.45, 7) is 8.58. The van der Waals surface area contributed by atoms with Gasteiger partial charge in [-0.05, 0) is 43.6 Å². The molecule has 1 aliphatic carbocycles. The van der Waals surface area contributed by atoms with Gasteiger partial charge in [0.15, 0.2) is 0 Å². The van der Waals surface area contributed by atoms with Gasteiger partial charge in [0.1, 0.15) is 4.90 Å². The van der Waals surface area contributed by atoms with E-state index >= 15 is 0 Å². The van der Waals surface area contributed by atoms with Crippen LogP contribution in [0.1, 0.15) is 50.5 Å². The first-order valence-corrected chi connectivity index (χ1v) is 10.00. The molecule has 0 bridgehead atoms. The van der Waals surface area contributed by atoms with E-state index in [-0.39, 0.29) is 6.04 Å². The molecule has 1 unspecified atom stereocenters. The zero-order valence-electron chi connectivity index (χ0n) is 13.3. The monoisotopic (exact) mass is 330 g/mol. The molecule has 1 aliphatic rings. The fraction of sp³-hybridized carbons (Fsp3) is 0.733. The summed E-state index contributed by atoms with van der Waals surface area (Å²) in [6.07, 6.45) is 3.49. The molecular formula is C15H26N2O2S2. The third-order valence-electron chi connectivity index (χ3n) is 4.13. The maximum atomic E-state index is 12.7. The van der Waals surface area contributed by atoms with Crippen LogP contribution in [0.4, 0.5) is 0 Å². The Bertz CT molecular complexity index is 574. The van der Waals surface area contributed by atoms with Crippen LogP contribution in [0, 0.1) is 12.8 Å². The molecule has 1 fully saturated rings. The molecule has 0 aliphatic heterocycles. The Morgan fingerprint density at radius 3 is 2.52 bits per heavy atom. The minimum atomic E-state index is -3.43. The minimum Gasteiger partial charge on any atom is -0.310 e. The first kappa shape index (κ1) is 16.9. The molecule has 1 heterocycles. The molecule has 0 saturated heterocycles. The Kier molecular flexibility index (Phi) is 5.46. The molecule has 0 aromatic carbocycles. The van der Waals surface area contributed by atoms with Gasteiger partial charge in [0.2, 0.25) is 10.0 Å². The molecule has 0 spiro atoms. The summed E-state index contributed by atoms with van der Waals surface area (Å²) in [5.41, 5.74) is 0.842. The molecule has 1 saturated carbocycles. The lowest BCUT2D eigenvalue weighted by molar-refractivity contribution is 0.260. The summed E-state index contributed by atoms with van der Waals surface area (Å²) in [4.78, 5) is 1.38. The first-order chi connectivity index (χ1) is 9.81. The zero-order chi connectivity index (χ0) is 15.6. The van der Waals surface area contributed by atoms with Gasteiger partial charge in [-0.3, -0.25) is 0 Å². The number of sulfonamides is 1. The summed E-state index contributed by atoms with van der Waals surface area (Å²) in [6, 6.07) is 0.360. The van der Waals surface area contributed by atoms with Gasteiger partial charge >= 0.3 is 0 Å². The van der Waals surface area contributed by atoms with Gasteiger partial charge in [-0.25, -0.2) is 13.1 Å². The highest BCUT2D eigenvalue weighted by Crippen LogP contribution is 2.32. The molecule has 1 atom stereocenters. The van der Waals surface area contributed by atoms with Crippen molar-refractivity contribution in [1.29, 1.82) is 0 Å². The molecule has 6 heteroatoms. The maximum Gasteiger partial charge on any atom is 0.242 e. The van der Waals surface area contributed by atoms with E-state index in [2.05, 4.69) is 23.9 Å². The number of nitrogens with one attached hydrogen (secondary N) is 2. The summed E-state index contributed by atoms with van der Waals surface area (Å²) >= 11 is 1.52. The van der Waals surface area contributed by atoms with Crippen LogP contribution in [0.5, 0.6) is 0 Å². The predicted molar refractivity (Wildman–Crippen MR) is 88.2 cm³/mol. The highest BCUT2D eigenvalue weighted by molar-refractivity contribution is 7.89. The van der Waals surface area contributed by atoms with Crippen molar-refractivity contribution in [2.45, 2.75) is 70.5 Å². The van der Waals surface area contributed by atoms with Gasteiger partial charge in [-0.2, -0.15) is 0 Å². The maximum absolute atomic E-state index is 12.7. The summed E-state index contributed by atoms with van der Waals surface area (Å²) in [7, 11) is -3.43. The standard InChI is InChI=1S/C15H26N2O2S2/c1-10(2)16-8-14-15(11(3)9-20-14)21(18,19)17-12(4)13-6-5-7-13/h9-10,12-13,16-17H,5-8H2,1-4H3. The van der Waals surface area contributed by atoms with Crippen molar-refractivity contribution >= 4 is 21.4 Å². The molecule has 0 radical (unpaired) electrons. The Morgan fingerprint density at radius 2 is 2.00 bits per heavy atom. The molecule has 2 N–H and O–H groups in total. The van der Waals surface area contributed by atoms with Crippen LogP contribution in [0.15, 0.2) is 10.3 Å². The van der Waals surface area contributed by atoms with Gasteiger partial charge in [0.25, 0.3) is 0 Å². The van der Waals surface area contributed by atoms with Gasteiger partial charge in [-0.15, -0.1) is 11.3 Å². The average Bonchev–Trinajstić information content (AvgIpc) is 2.65. The van der Waals surface area contributed by atoms with E-state index in [0.29, 0.717) is 23.4 Å². The highest BCUT2D eigenvalue weighted by Gasteiger charge is 2.30. The van der Waals surface area contributed by atoms with Crippen molar-refractivity contribution in [1.82, 2.24) is 10.0 Å². The van der Waals surface area contributed by atoms with Crippen LogP contribution in [0.2, 0.25) is 0 Å². The van der Waals surface area contributed by atoms with Crippen LogP contribution >= 0.6 is 11.3 Å². The van der Waals surface area contributed by atoms with Crippen LogP contribution in [-0.4, -0.2) is 20.5 Å². The van der Waals surface area contributed by atoms with E-state index < -0.39 is 10.0 Å². The predicted octanol–water partition coefficient (Wildman–Crippen LogP) is 3.02. The highest BCUT2D eigenvalue weighted by atomic mass is 32.2. The second-order valence-electron chi connectivity index (χ2n) is 6.31. The lowest BCUT2D eigenvalue weighted by Gasteiger charge is -2.31. The number of hydrogen-bond acceptors (Lipinski definition) is 4. The number of hydrogen-bond donors (Lipinski definition) is 2. The van der Waals surface area contributed by atoms with Crippen molar-refractivity contribution < 1.29 is 8.42 Å². The molecule has 1 aromatic heterocycles. The van der Waals surface area contributed by atoms with E-state index in [1.807, 2.05) is 19.2 Å². The smallest absolute Gasteiger partial charge is 0.242 e. The van der Waals surface area contributed by atoms with E-state index in [0.717, 1.165) is 23.3 Å². The van der Waals surface area contributed by atoms with Gasteiger partial charge in [-0.1, -0.05) is 20.3 Å². The summed E-state index contributed by atoms with van der Waals surface area (Å²) < 4.78 is 28.3. The van der Waals surface area contributed by atoms with E-state index in [4.69, 9.17) is 0 Å². The minimum absolute atomic E-state index is 0.0222. The van der Waals surface area contributed by atoms with Crippen LogP contribution in [-0.2, 0) is 16.6 Å². The van der Waals surface area contributed by atoms with E-state index in [9.17, 15) is 8.42 Å². The molecule has 0 amide bonds. The molecule has 120 valence electrons. The summed E-state index contributed by atoms with van der Waals surface area (Å²) in [5, 5.41) is 5.23. The largest absolute Gasteiger partial charge is 0.310 e. The van der Waals surface area contributed by atoms with Crippen molar-refractivity contribution in [2.24, 2.45) is 5.92 Å². The number of rotatable bonds is 7. The van der Waals surface area contributed by atoms with Crippen molar-refractivity contribution in [3.05, 3.63) is 15.8 Å². The van der Waals surface area contributed by atoms with Gasteiger partial charge < -0.3 is 5.32 Å². The zero-order valence-corrected chi connectivity index (χ0v) is 14.9. The molecule has 1 aromatic rings. The fourth-order valence-electron chi connectivity index (χ4n) is 2.61. The Balaban J connectivity index is 2.16. The van der Waals surface area contributed by atoms with E-state index in [1.165, 1.54) is 17.8 Å². The lowest BCUT2D eigenvalue weighted by atomic mass is 9.81. The van der Waals surface area contributed by atoms with Crippen LogP contribution < -0.4 is 10.0 Å².